The first kappa shape index (κ1) is 30.9. The molecule has 2 aromatic rings. The van der Waals surface area contributed by atoms with Crippen molar-refractivity contribution in [2.45, 2.75) is 69.5 Å². The van der Waals surface area contributed by atoms with Gasteiger partial charge in [-0.3, -0.25) is 9.59 Å². The number of quaternary nitrogens is 1. The number of carbonyl (C=O) groups excluding carboxylic acids is 2. The van der Waals surface area contributed by atoms with Gasteiger partial charge in [0, 0.05) is 49.0 Å². The van der Waals surface area contributed by atoms with E-state index in [9.17, 15) is 22.8 Å². The average molecular weight is 634 g/mol. The number of halogens is 3. The fraction of sp³-hybridized carbons (Fsp3) is 0.459. The van der Waals surface area contributed by atoms with Crippen LogP contribution < -0.4 is 5.32 Å². The van der Waals surface area contributed by atoms with Crippen LogP contribution in [0.15, 0.2) is 90.0 Å². The van der Waals surface area contributed by atoms with Crippen molar-refractivity contribution in [2.24, 2.45) is 17.3 Å². The van der Waals surface area contributed by atoms with Gasteiger partial charge in [0.1, 0.15) is 0 Å². The number of nitrogens with zero attached hydrogens (tertiary/aromatic N) is 1. The Bertz CT molecular complexity index is 1620. The van der Waals surface area contributed by atoms with E-state index in [1.807, 2.05) is 12.1 Å². The molecule has 1 amide bonds. The van der Waals surface area contributed by atoms with Crippen LogP contribution in [0.5, 0.6) is 0 Å². The van der Waals surface area contributed by atoms with Gasteiger partial charge in [0.05, 0.1) is 32.3 Å². The topological polar surface area (TPSA) is 64.6 Å². The highest BCUT2D eigenvalue weighted by atomic mass is 19.4. The summed E-state index contributed by atoms with van der Waals surface area (Å²) < 4.78 is 57.3. The van der Waals surface area contributed by atoms with E-state index < -0.39 is 35.1 Å². The summed E-state index contributed by atoms with van der Waals surface area (Å²) in [6.07, 6.45) is 5.86. The molecule has 46 heavy (non-hydrogen) atoms. The molecule has 4 fully saturated rings. The lowest BCUT2D eigenvalue weighted by Crippen LogP contribution is -2.71. The van der Waals surface area contributed by atoms with Gasteiger partial charge in [0.15, 0.2) is 17.1 Å². The fourth-order valence-corrected chi connectivity index (χ4v) is 9.66. The first-order valence-electron chi connectivity index (χ1n) is 16.3. The molecule has 6 nitrogen and oxygen atoms in total. The second-order valence-corrected chi connectivity index (χ2v) is 13.9. The van der Waals surface area contributed by atoms with Gasteiger partial charge in [0.25, 0.3) is 5.91 Å². The van der Waals surface area contributed by atoms with Crippen LogP contribution in [0.1, 0.15) is 50.2 Å². The summed E-state index contributed by atoms with van der Waals surface area (Å²) in [4.78, 5) is 26.0. The van der Waals surface area contributed by atoms with E-state index in [1.54, 1.807) is 12.1 Å². The van der Waals surface area contributed by atoms with E-state index in [-0.39, 0.29) is 23.0 Å². The monoisotopic (exact) mass is 633 g/mol. The number of esters is 1. The van der Waals surface area contributed by atoms with Crippen molar-refractivity contribution in [3.05, 3.63) is 101 Å². The lowest BCUT2D eigenvalue weighted by molar-refractivity contribution is -0.946. The Hall–Kier alpha value is -3.69. The molecule has 7 atom stereocenters. The molecule has 1 spiro atoms. The van der Waals surface area contributed by atoms with Gasteiger partial charge in [0.2, 0.25) is 0 Å². The number of hydrogen-bond donors (Lipinski definition) is 1. The second-order valence-electron chi connectivity index (χ2n) is 13.9. The van der Waals surface area contributed by atoms with Crippen molar-refractivity contribution in [1.29, 1.82) is 0 Å². The summed E-state index contributed by atoms with van der Waals surface area (Å²) >= 11 is 0. The predicted molar refractivity (Wildman–Crippen MR) is 167 cm³/mol. The standard InChI is InChI=1S/C37H39F3N2O4/c1-24(43)45-32(26-13-7-4-8-14-26)31(37(38,39)40)34(44)41-36-19-10-15-27-23-29-28-16-9-17-30(46-36)35(28,33(27)36)20-22-42(29,2)21-18-25-11-5-3-6-12-25/h3-8,10-15,19,28-30,33H,9,16-18,20-23H2,1-2H3/p+1/t28-,29+,30-,33?,35+,36?,42?/m0/s1. The Labute approximate surface area is 267 Å². The molecule has 2 aliphatic heterocycles. The van der Waals surface area contributed by atoms with Crippen molar-refractivity contribution in [3.63, 3.8) is 0 Å². The van der Waals surface area contributed by atoms with E-state index >= 15 is 0 Å². The Kier molecular flexibility index (Phi) is 7.55. The molecule has 1 N–H and O–H groups in total. The fourth-order valence-electron chi connectivity index (χ4n) is 9.66. The third-order valence-corrected chi connectivity index (χ3v) is 11.4. The van der Waals surface area contributed by atoms with Crippen molar-refractivity contribution >= 4 is 17.6 Å². The van der Waals surface area contributed by atoms with Crippen LogP contribution in [0.2, 0.25) is 0 Å². The highest BCUT2D eigenvalue weighted by Gasteiger charge is 2.74. The molecule has 2 saturated heterocycles. The number of nitrogens with one attached hydrogen (secondary N) is 1. The zero-order valence-corrected chi connectivity index (χ0v) is 26.2. The third kappa shape index (κ3) is 4.94. The molecule has 2 bridgehead atoms. The van der Waals surface area contributed by atoms with Crippen LogP contribution in [-0.4, -0.2) is 60.5 Å². The maximum atomic E-state index is 14.8. The summed E-state index contributed by atoms with van der Waals surface area (Å²) in [5, 5.41) is 2.77. The minimum absolute atomic E-state index is 0.0162. The smallest absolute Gasteiger partial charge is 0.425 e. The molecule has 242 valence electrons. The highest BCUT2D eigenvalue weighted by molar-refractivity contribution is 6.03. The van der Waals surface area contributed by atoms with Crippen molar-refractivity contribution < 1.29 is 36.7 Å². The molecule has 3 aliphatic carbocycles. The number of rotatable bonds is 7. The summed E-state index contributed by atoms with van der Waals surface area (Å²) in [6.45, 7) is 2.98. The number of amides is 1. The van der Waals surface area contributed by atoms with Crippen LogP contribution in [0, 0.1) is 17.3 Å². The Balaban J connectivity index is 1.25. The van der Waals surface area contributed by atoms with Gasteiger partial charge in [-0.1, -0.05) is 84.8 Å². The number of likely N-dealkylation sites (tertiary alicyclic amines) is 1. The second kappa shape index (κ2) is 11.2. The molecule has 2 aromatic carbocycles. The van der Waals surface area contributed by atoms with Gasteiger partial charge in [-0.25, -0.2) is 0 Å². The first-order chi connectivity index (χ1) is 22.0. The maximum absolute atomic E-state index is 14.8. The summed E-state index contributed by atoms with van der Waals surface area (Å²) in [6, 6.07) is 18.4. The van der Waals surface area contributed by atoms with Crippen LogP contribution in [0.4, 0.5) is 13.2 Å². The largest absolute Gasteiger partial charge is 0.425 e. The van der Waals surface area contributed by atoms with Gasteiger partial charge < -0.3 is 19.3 Å². The molecular weight excluding hydrogens is 593 g/mol. The minimum atomic E-state index is -5.11. The lowest BCUT2D eigenvalue weighted by Gasteiger charge is -2.64. The molecule has 2 saturated carbocycles. The molecule has 0 aromatic heterocycles. The molecule has 2 heterocycles. The maximum Gasteiger partial charge on any atom is 0.425 e. The highest BCUT2D eigenvalue weighted by Crippen LogP contribution is 2.69. The quantitative estimate of drug-likeness (QED) is 0.164. The van der Waals surface area contributed by atoms with Gasteiger partial charge in [-0.2, -0.15) is 13.2 Å². The minimum Gasteiger partial charge on any atom is -0.425 e. The number of hydrogen-bond acceptors (Lipinski definition) is 4. The first-order valence-corrected chi connectivity index (χ1v) is 16.3. The van der Waals surface area contributed by atoms with E-state index in [4.69, 9.17) is 9.47 Å². The van der Waals surface area contributed by atoms with Crippen molar-refractivity contribution in [3.8, 4) is 0 Å². The predicted octanol–water partition coefficient (Wildman–Crippen LogP) is 6.50. The Morgan fingerprint density at radius 3 is 2.48 bits per heavy atom. The van der Waals surface area contributed by atoms with Crippen LogP contribution in [0.25, 0.3) is 5.76 Å². The zero-order valence-electron chi connectivity index (χ0n) is 26.2. The molecule has 0 radical (unpaired) electrons. The number of ether oxygens (including phenoxy) is 2. The molecular formula is C37H40F3N2O4+. The zero-order chi connectivity index (χ0) is 32.3. The number of piperidine rings is 1. The molecule has 9 heteroatoms. The van der Waals surface area contributed by atoms with Crippen LogP contribution >= 0.6 is 0 Å². The van der Waals surface area contributed by atoms with E-state index in [0.29, 0.717) is 12.0 Å². The Morgan fingerprint density at radius 2 is 1.78 bits per heavy atom. The van der Waals surface area contributed by atoms with Gasteiger partial charge in [-0.15, -0.1) is 0 Å². The number of likely N-dealkylation sites (N-methyl/N-ethyl adjacent to an activating group) is 1. The lowest BCUT2D eigenvalue weighted by atomic mass is 9.46. The number of alkyl halides is 3. The van der Waals surface area contributed by atoms with Gasteiger partial charge >= 0.3 is 12.1 Å². The molecule has 7 rings (SSSR count). The summed E-state index contributed by atoms with van der Waals surface area (Å²) in [5.41, 5.74) is -0.826. The van der Waals surface area contributed by atoms with E-state index in [0.717, 1.165) is 68.6 Å². The number of allylic oxidation sites excluding steroid dienone is 2. The third-order valence-electron chi connectivity index (χ3n) is 11.4. The number of benzene rings is 2. The summed E-state index contributed by atoms with van der Waals surface area (Å²) in [5.74, 6) is -3.08. The van der Waals surface area contributed by atoms with E-state index in [2.05, 4.69) is 42.7 Å². The normalized spacial score (nSPS) is 34.6. The number of carbonyl (C=O) groups is 2. The van der Waals surface area contributed by atoms with Crippen molar-refractivity contribution in [2.75, 3.05) is 20.1 Å². The average Bonchev–Trinajstić information content (AvgIpc) is 3.31. The summed E-state index contributed by atoms with van der Waals surface area (Å²) in [7, 11) is 2.37. The van der Waals surface area contributed by atoms with Crippen LogP contribution in [0.3, 0.4) is 0 Å². The molecule has 5 aliphatic rings. The van der Waals surface area contributed by atoms with Crippen molar-refractivity contribution in [1.82, 2.24) is 5.32 Å². The van der Waals surface area contributed by atoms with Gasteiger partial charge in [-0.05, 0) is 24.5 Å². The SMILES string of the molecule is CC(=O)OC(=C(C(=O)NC12C=CC=C3C[C@@H]4[C@@H]5CCC[C@H](O1)[C@]5(CC[N+]4(C)CCc1ccccc1)C32)C(F)(F)F)c1ccccc1. The molecule has 3 unspecified atom stereocenters. The Morgan fingerprint density at radius 1 is 1.07 bits per heavy atom. The van der Waals surface area contributed by atoms with Crippen LogP contribution in [-0.2, 0) is 25.5 Å². The van der Waals surface area contributed by atoms with E-state index in [1.165, 1.54) is 29.8 Å².